The summed E-state index contributed by atoms with van der Waals surface area (Å²) in [5.74, 6) is -0.0603. The van der Waals surface area contributed by atoms with E-state index >= 15 is 0 Å². The number of carbonyl (C=O) groups excluding carboxylic acids is 1. The molecule has 0 radical (unpaired) electrons. The zero-order chi connectivity index (χ0) is 17.7. The Bertz CT molecular complexity index is 607. The monoisotopic (exact) mass is 341 g/mol. The number of aromatic nitrogens is 3. The average molecular weight is 341 g/mol. The molecule has 2 rings (SSSR count). The maximum atomic E-state index is 12.3. The van der Waals surface area contributed by atoms with Gasteiger partial charge in [0.25, 0.3) is 0 Å². The van der Waals surface area contributed by atoms with Gasteiger partial charge in [-0.3, -0.25) is 9.48 Å². The molecule has 0 N–H and O–H groups in total. The van der Waals surface area contributed by atoms with E-state index in [9.17, 15) is 4.79 Å². The molecule has 0 fully saturated rings. The minimum atomic E-state index is -0.0603. The van der Waals surface area contributed by atoms with Crippen LogP contribution in [0.15, 0.2) is 36.5 Å². The van der Waals surface area contributed by atoms with Crippen LogP contribution in [-0.4, -0.2) is 20.8 Å². The molecule has 4 heteroatoms. The predicted octanol–water partition coefficient (Wildman–Crippen LogP) is 5.43. The lowest BCUT2D eigenvalue weighted by Gasteiger charge is -2.02. The summed E-state index contributed by atoms with van der Waals surface area (Å²) < 4.78 is 1.79. The third kappa shape index (κ3) is 7.20. The highest BCUT2D eigenvalue weighted by atomic mass is 16.1. The van der Waals surface area contributed by atoms with Crippen LogP contribution in [0.25, 0.3) is 0 Å². The summed E-state index contributed by atoms with van der Waals surface area (Å²) in [6, 6.07) is 9.25. The molecule has 0 saturated heterocycles. The Labute approximate surface area is 151 Å². The second-order valence-electron chi connectivity index (χ2n) is 6.74. The summed E-state index contributed by atoms with van der Waals surface area (Å²) >= 11 is 0. The molecule has 0 bridgehead atoms. The smallest absolute Gasteiger partial charge is 0.214 e. The summed E-state index contributed by atoms with van der Waals surface area (Å²) in [5.41, 5.74) is 1.09. The first kappa shape index (κ1) is 19.4. The minimum absolute atomic E-state index is 0.0603. The van der Waals surface area contributed by atoms with Crippen LogP contribution < -0.4 is 0 Å². The van der Waals surface area contributed by atoms with E-state index in [0.717, 1.165) is 13.0 Å². The largest absolute Gasteiger partial charge is 0.287 e. The second kappa shape index (κ2) is 11.6. The van der Waals surface area contributed by atoms with E-state index in [-0.39, 0.29) is 5.78 Å². The van der Waals surface area contributed by atoms with Crippen LogP contribution in [0.3, 0.4) is 0 Å². The van der Waals surface area contributed by atoms with Gasteiger partial charge in [0.2, 0.25) is 5.78 Å². The number of ketones is 1. The molecule has 0 aliphatic carbocycles. The maximum absolute atomic E-state index is 12.3. The first-order valence-electron chi connectivity index (χ1n) is 9.81. The van der Waals surface area contributed by atoms with E-state index in [0.29, 0.717) is 11.3 Å². The summed E-state index contributed by atoms with van der Waals surface area (Å²) in [4.78, 5) is 12.3. The van der Waals surface area contributed by atoms with Crippen LogP contribution in [0, 0.1) is 0 Å². The molecule has 25 heavy (non-hydrogen) atoms. The van der Waals surface area contributed by atoms with Gasteiger partial charge in [0.1, 0.15) is 0 Å². The van der Waals surface area contributed by atoms with Gasteiger partial charge in [0.05, 0.1) is 6.20 Å². The molecule has 2 aromatic rings. The third-order valence-corrected chi connectivity index (χ3v) is 4.55. The fourth-order valence-electron chi connectivity index (χ4n) is 3.01. The molecule has 0 aliphatic heterocycles. The Morgan fingerprint density at radius 3 is 2.12 bits per heavy atom. The number of rotatable bonds is 13. The van der Waals surface area contributed by atoms with E-state index in [1.165, 1.54) is 57.8 Å². The molecule has 0 spiro atoms. The van der Waals surface area contributed by atoms with E-state index in [1.807, 2.05) is 30.3 Å². The van der Waals surface area contributed by atoms with Crippen molar-refractivity contribution in [3.05, 3.63) is 47.8 Å². The lowest BCUT2D eigenvalue weighted by atomic mass is 10.1. The highest BCUT2D eigenvalue weighted by Crippen LogP contribution is 2.11. The van der Waals surface area contributed by atoms with Crippen molar-refractivity contribution in [3.63, 3.8) is 0 Å². The van der Waals surface area contributed by atoms with Crippen LogP contribution >= 0.6 is 0 Å². The van der Waals surface area contributed by atoms with Gasteiger partial charge in [0, 0.05) is 12.1 Å². The van der Waals surface area contributed by atoms with E-state index < -0.39 is 0 Å². The molecule has 1 aromatic carbocycles. The molecule has 4 nitrogen and oxygen atoms in total. The fourth-order valence-corrected chi connectivity index (χ4v) is 3.01. The molecule has 0 amide bonds. The quantitative estimate of drug-likeness (QED) is 0.360. The first-order valence-corrected chi connectivity index (χ1v) is 9.81. The Morgan fingerprint density at radius 1 is 0.880 bits per heavy atom. The summed E-state index contributed by atoms with van der Waals surface area (Å²) in [6.07, 6.45) is 14.9. The van der Waals surface area contributed by atoms with Crippen LogP contribution in [-0.2, 0) is 6.54 Å². The molecule has 0 atom stereocenters. The summed E-state index contributed by atoms with van der Waals surface area (Å²) in [7, 11) is 0. The number of nitrogens with zero attached hydrogens (tertiary/aromatic N) is 3. The van der Waals surface area contributed by atoms with Crippen LogP contribution in [0.5, 0.6) is 0 Å². The standard InChI is InChI=1S/C21H31N3O/c1-2-3-4-5-6-7-8-9-10-14-17-24-18-20(22-23-24)21(25)19-15-12-11-13-16-19/h11-13,15-16,18H,2-10,14,17H2,1H3. The van der Waals surface area contributed by atoms with Crippen molar-refractivity contribution in [3.8, 4) is 0 Å². The van der Waals surface area contributed by atoms with Crippen molar-refractivity contribution in [2.75, 3.05) is 0 Å². The summed E-state index contributed by atoms with van der Waals surface area (Å²) in [6.45, 7) is 3.10. The average Bonchev–Trinajstić information content (AvgIpc) is 3.12. The van der Waals surface area contributed by atoms with Crippen LogP contribution in [0.1, 0.15) is 87.2 Å². The number of benzene rings is 1. The van der Waals surface area contributed by atoms with Crippen molar-refractivity contribution in [2.45, 2.75) is 77.7 Å². The van der Waals surface area contributed by atoms with E-state index in [1.54, 1.807) is 10.9 Å². The van der Waals surface area contributed by atoms with Gasteiger partial charge in [-0.05, 0) is 6.42 Å². The minimum Gasteiger partial charge on any atom is -0.287 e. The van der Waals surface area contributed by atoms with Gasteiger partial charge >= 0.3 is 0 Å². The molecular formula is C21H31N3O. The van der Waals surface area contributed by atoms with Crippen molar-refractivity contribution in [1.82, 2.24) is 15.0 Å². The van der Waals surface area contributed by atoms with Gasteiger partial charge in [-0.15, -0.1) is 5.10 Å². The van der Waals surface area contributed by atoms with Gasteiger partial charge in [-0.2, -0.15) is 0 Å². The molecule has 0 saturated carbocycles. The highest BCUT2D eigenvalue weighted by Gasteiger charge is 2.12. The van der Waals surface area contributed by atoms with E-state index in [2.05, 4.69) is 17.2 Å². The number of aryl methyl sites for hydroxylation is 1. The lowest BCUT2D eigenvalue weighted by molar-refractivity contribution is 0.103. The molecule has 1 aromatic heterocycles. The zero-order valence-electron chi connectivity index (χ0n) is 15.5. The predicted molar refractivity (Wildman–Crippen MR) is 102 cm³/mol. The maximum Gasteiger partial charge on any atom is 0.214 e. The van der Waals surface area contributed by atoms with Gasteiger partial charge in [-0.25, -0.2) is 0 Å². The Morgan fingerprint density at radius 2 is 1.48 bits per heavy atom. The summed E-state index contributed by atoms with van der Waals surface area (Å²) in [5, 5.41) is 8.10. The third-order valence-electron chi connectivity index (χ3n) is 4.55. The SMILES string of the molecule is CCCCCCCCCCCCn1cc(C(=O)c2ccccc2)nn1. The van der Waals surface area contributed by atoms with Crippen molar-refractivity contribution >= 4 is 5.78 Å². The molecule has 0 aliphatic rings. The van der Waals surface area contributed by atoms with Crippen LogP contribution in [0.4, 0.5) is 0 Å². The van der Waals surface area contributed by atoms with Gasteiger partial charge in [0.15, 0.2) is 5.69 Å². The molecule has 136 valence electrons. The fraction of sp³-hybridized carbons (Fsp3) is 0.571. The van der Waals surface area contributed by atoms with Crippen molar-refractivity contribution in [2.24, 2.45) is 0 Å². The molecular weight excluding hydrogens is 310 g/mol. The van der Waals surface area contributed by atoms with Crippen molar-refractivity contribution < 1.29 is 4.79 Å². The Balaban J connectivity index is 1.58. The molecule has 1 heterocycles. The van der Waals surface area contributed by atoms with Crippen molar-refractivity contribution in [1.29, 1.82) is 0 Å². The van der Waals surface area contributed by atoms with Crippen LogP contribution in [0.2, 0.25) is 0 Å². The first-order chi connectivity index (χ1) is 12.3. The zero-order valence-corrected chi connectivity index (χ0v) is 15.5. The number of hydrogen-bond acceptors (Lipinski definition) is 3. The second-order valence-corrected chi connectivity index (χ2v) is 6.74. The topological polar surface area (TPSA) is 47.8 Å². The molecule has 0 unspecified atom stereocenters. The number of unbranched alkanes of at least 4 members (excludes halogenated alkanes) is 9. The van der Waals surface area contributed by atoms with Gasteiger partial charge in [-0.1, -0.05) is 100 Å². The number of hydrogen-bond donors (Lipinski definition) is 0. The normalized spacial score (nSPS) is 10.9. The Hall–Kier alpha value is -1.97. The number of carbonyl (C=O) groups is 1. The van der Waals surface area contributed by atoms with E-state index in [4.69, 9.17) is 0 Å². The van der Waals surface area contributed by atoms with Gasteiger partial charge < -0.3 is 0 Å². The lowest BCUT2D eigenvalue weighted by Crippen LogP contribution is -2.01. The highest BCUT2D eigenvalue weighted by molar-refractivity contribution is 6.07. The Kier molecular flexibility index (Phi) is 8.95.